The van der Waals surface area contributed by atoms with Crippen LogP contribution >= 0.6 is 0 Å². The number of amides is 1. The summed E-state index contributed by atoms with van der Waals surface area (Å²) in [4.78, 5) is 14.1. The van der Waals surface area contributed by atoms with Gasteiger partial charge in [0.2, 0.25) is 0 Å². The molecule has 1 aliphatic heterocycles. The SMILES string of the molecule is CC(NC(=O)OC(C)(C)C)C(CN)NN1CCN(C)CC1. The quantitative estimate of drug-likeness (QED) is 0.662. The van der Waals surface area contributed by atoms with Crippen molar-refractivity contribution >= 4 is 6.09 Å². The lowest BCUT2D eigenvalue weighted by molar-refractivity contribution is 0.0457. The van der Waals surface area contributed by atoms with Gasteiger partial charge in [0.25, 0.3) is 0 Å². The molecule has 1 amide bonds. The third-order valence-corrected chi connectivity index (χ3v) is 3.45. The highest BCUT2D eigenvalue weighted by atomic mass is 16.6. The van der Waals surface area contributed by atoms with Crippen molar-refractivity contribution in [3.05, 3.63) is 0 Å². The first-order chi connectivity index (χ1) is 9.71. The number of nitrogens with zero attached hydrogens (tertiary/aromatic N) is 2. The van der Waals surface area contributed by atoms with Crippen LogP contribution in [0.2, 0.25) is 0 Å². The fourth-order valence-corrected chi connectivity index (χ4v) is 2.13. The monoisotopic (exact) mass is 301 g/mol. The van der Waals surface area contributed by atoms with Gasteiger partial charge in [-0.05, 0) is 34.7 Å². The lowest BCUT2D eigenvalue weighted by Crippen LogP contribution is -2.60. The van der Waals surface area contributed by atoms with E-state index in [0.717, 1.165) is 26.2 Å². The van der Waals surface area contributed by atoms with E-state index in [-0.39, 0.29) is 12.1 Å². The zero-order valence-electron chi connectivity index (χ0n) is 14.0. The van der Waals surface area contributed by atoms with Crippen LogP contribution in [0.25, 0.3) is 0 Å². The van der Waals surface area contributed by atoms with E-state index in [1.165, 1.54) is 0 Å². The summed E-state index contributed by atoms with van der Waals surface area (Å²) in [6.07, 6.45) is -0.409. The van der Waals surface area contributed by atoms with Gasteiger partial charge in [-0.15, -0.1) is 0 Å². The van der Waals surface area contributed by atoms with Gasteiger partial charge in [0.05, 0.1) is 6.04 Å². The van der Waals surface area contributed by atoms with Crippen LogP contribution < -0.4 is 16.5 Å². The summed E-state index contributed by atoms with van der Waals surface area (Å²) in [6, 6.07) is -0.120. The number of alkyl carbamates (subject to hydrolysis) is 1. The maximum atomic E-state index is 11.8. The average Bonchev–Trinajstić information content (AvgIpc) is 2.35. The zero-order chi connectivity index (χ0) is 16.0. The molecule has 0 saturated carbocycles. The van der Waals surface area contributed by atoms with Crippen LogP contribution in [0.5, 0.6) is 0 Å². The van der Waals surface area contributed by atoms with Crippen LogP contribution in [0.4, 0.5) is 4.79 Å². The summed E-state index contributed by atoms with van der Waals surface area (Å²) >= 11 is 0. The van der Waals surface area contributed by atoms with Gasteiger partial charge in [-0.1, -0.05) is 0 Å². The highest BCUT2D eigenvalue weighted by molar-refractivity contribution is 5.68. The van der Waals surface area contributed by atoms with Crippen molar-refractivity contribution in [1.29, 1.82) is 0 Å². The Labute approximate surface area is 128 Å². The van der Waals surface area contributed by atoms with E-state index < -0.39 is 11.7 Å². The molecule has 1 aliphatic rings. The van der Waals surface area contributed by atoms with Gasteiger partial charge in [-0.2, -0.15) is 0 Å². The molecule has 1 rings (SSSR count). The first-order valence-electron chi connectivity index (χ1n) is 7.60. The maximum Gasteiger partial charge on any atom is 0.407 e. The molecule has 0 bridgehead atoms. The minimum atomic E-state index is -0.493. The number of rotatable bonds is 5. The van der Waals surface area contributed by atoms with Crippen molar-refractivity contribution in [3.8, 4) is 0 Å². The van der Waals surface area contributed by atoms with Crippen LogP contribution in [0, 0.1) is 0 Å². The predicted molar refractivity (Wildman–Crippen MR) is 83.9 cm³/mol. The van der Waals surface area contributed by atoms with Gasteiger partial charge in [-0.25, -0.2) is 15.2 Å². The van der Waals surface area contributed by atoms with Gasteiger partial charge >= 0.3 is 6.09 Å². The topological polar surface area (TPSA) is 82.9 Å². The second-order valence-corrected chi connectivity index (χ2v) is 6.70. The summed E-state index contributed by atoms with van der Waals surface area (Å²) in [5.74, 6) is 0. The minimum absolute atomic E-state index is 0.0130. The number of carbonyl (C=O) groups excluding carboxylic acids is 1. The first-order valence-corrected chi connectivity index (χ1v) is 7.60. The normalized spacial score (nSPS) is 20.9. The molecule has 124 valence electrons. The maximum absolute atomic E-state index is 11.8. The van der Waals surface area contributed by atoms with Crippen molar-refractivity contribution in [3.63, 3.8) is 0 Å². The fraction of sp³-hybridized carbons (Fsp3) is 0.929. The summed E-state index contributed by atoms with van der Waals surface area (Å²) in [5.41, 5.74) is 8.74. The third-order valence-electron chi connectivity index (χ3n) is 3.45. The standard InChI is InChI=1S/C14H31N5O2/c1-11(16-13(20)21-14(2,3)4)12(10-15)17-19-8-6-18(5)7-9-19/h11-12,17H,6-10,15H2,1-5H3,(H,16,20). The number of carbonyl (C=O) groups is 1. The Balaban J connectivity index is 2.42. The average molecular weight is 301 g/mol. The van der Waals surface area contributed by atoms with Crippen LogP contribution in [-0.4, -0.2) is 73.5 Å². The van der Waals surface area contributed by atoms with Gasteiger partial charge in [0.1, 0.15) is 5.60 Å². The molecule has 1 fully saturated rings. The van der Waals surface area contributed by atoms with E-state index >= 15 is 0 Å². The van der Waals surface area contributed by atoms with E-state index in [1.807, 2.05) is 27.7 Å². The molecule has 0 aliphatic carbocycles. The van der Waals surface area contributed by atoms with Crippen molar-refractivity contribution in [2.24, 2.45) is 5.73 Å². The molecule has 21 heavy (non-hydrogen) atoms. The molecule has 2 atom stereocenters. The van der Waals surface area contributed by atoms with Gasteiger partial charge in [-0.3, -0.25) is 0 Å². The molecule has 4 N–H and O–H groups in total. The Morgan fingerprint density at radius 3 is 2.33 bits per heavy atom. The van der Waals surface area contributed by atoms with Crippen LogP contribution in [0.1, 0.15) is 27.7 Å². The number of nitrogens with one attached hydrogen (secondary N) is 2. The number of hydrogen-bond acceptors (Lipinski definition) is 6. The molecule has 0 spiro atoms. The van der Waals surface area contributed by atoms with Crippen molar-refractivity contribution in [2.45, 2.75) is 45.4 Å². The molecule has 7 heteroatoms. The van der Waals surface area contributed by atoms with Crippen molar-refractivity contribution < 1.29 is 9.53 Å². The number of ether oxygens (including phenoxy) is 1. The van der Waals surface area contributed by atoms with E-state index in [9.17, 15) is 4.79 Å². The molecule has 0 aromatic rings. The Hall–Kier alpha value is -0.890. The van der Waals surface area contributed by atoms with Crippen LogP contribution in [0.3, 0.4) is 0 Å². The van der Waals surface area contributed by atoms with E-state index in [0.29, 0.717) is 6.54 Å². The van der Waals surface area contributed by atoms with Gasteiger partial charge in [0, 0.05) is 38.8 Å². The zero-order valence-corrected chi connectivity index (χ0v) is 14.0. The molecule has 2 unspecified atom stereocenters. The molecule has 0 radical (unpaired) electrons. The molecule has 0 aromatic carbocycles. The molecule has 1 heterocycles. The van der Waals surface area contributed by atoms with E-state index in [4.69, 9.17) is 10.5 Å². The summed E-state index contributed by atoms with van der Waals surface area (Å²) < 4.78 is 5.27. The Morgan fingerprint density at radius 1 is 1.29 bits per heavy atom. The Bertz CT molecular complexity index is 324. The van der Waals surface area contributed by atoms with E-state index in [1.54, 1.807) is 0 Å². The lowest BCUT2D eigenvalue weighted by atomic mass is 10.1. The summed E-state index contributed by atoms with van der Waals surface area (Å²) in [7, 11) is 2.12. The van der Waals surface area contributed by atoms with Gasteiger partial charge in [0.15, 0.2) is 0 Å². The number of nitrogens with two attached hydrogens (primary N) is 1. The molecule has 1 saturated heterocycles. The minimum Gasteiger partial charge on any atom is -0.444 e. The number of hydrogen-bond donors (Lipinski definition) is 3. The highest BCUT2D eigenvalue weighted by Crippen LogP contribution is 2.07. The molecule has 0 aromatic heterocycles. The molecular weight excluding hydrogens is 270 g/mol. The number of piperazine rings is 1. The Morgan fingerprint density at radius 2 is 1.86 bits per heavy atom. The smallest absolute Gasteiger partial charge is 0.407 e. The Kier molecular flexibility index (Phi) is 6.86. The van der Waals surface area contributed by atoms with Crippen molar-refractivity contribution in [1.82, 2.24) is 20.7 Å². The predicted octanol–water partition coefficient (Wildman–Crippen LogP) is -0.0211. The third kappa shape index (κ3) is 7.08. The number of hydrazine groups is 1. The molecule has 7 nitrogen and oxygen atoms in total. The summed E-state index contributed by atoms with van der Waals surface area (Å²) in [5, 5.41) is 5.02. The van der Waals surface area contributed by atoms with Crippen LogP contribution in [0.15, 0.2) is 0 Å². The van der Waals surface area contributed by atoms with Crippen molar-refractivity contribution in [2.75, 3.05) is 39.8 Å². The van der Waals surface area contributed by atoms with E-state index in [2.05, 4.69) is 27.7 Å². The number of likely N-dealkylation sites (N-methyl/N-ethyl adjacent to an activating group) is 1. The molecular formula is C14H31N5O2. The highest BCUT2D eigenvalue weighted by Gasteiger charge is 2.24. The fourth-order valence-electron chi connectivity index (χ4n) is 2.13. The second kappa shape index (κ2) is 7.93. The largest absolute Gasteiger partial charge is 0.444 e. The first kappa shape index (κ1) is 18.2. The summed E-state index contributed by atoms with van der Waals surface area (Å²) in [6.45, 7) is 11.9. The van der Waals surface area contributed by atoms with Gasteiger partial charge < -0.3 is 20.7 Å². The van der Waals surface area contributed by atoms with Crippen LogP contribution in [-0.2, 0) is 4.74 Å². The lowest BCUT2D eigenvalue weighted by Gasteiger charge is -2.37. The second-order valence-electron chi connectivity index (χ2n) is 6.70.